The van der Waals surface area contributed by atoms with E-state index in [2.05, 4.69) is 30.9 Å². The predicted molar refractivity (Wildman–Crippen MR) is 107 cm³/mol. The van der Waals surface area contributed by atoms with E-state index in [1.165, 1.54) is 22.6 Å². The summed E-state index contributed by atoms with van der Waals surface area (Å²) >= 11 is 0. The third-order valence-electron chi connectivity index (χ3n) is 5.34. The fourth-order valence-electron chi connectivity index (χ4n) is 3.69. The Kier molecular flexibility index (Phi) is 5.13. The lowest BCUT2D eigenvalue weighted by molar-refractivity contribution is -0.130. The summed E-state index contributed by atoms with van der Waals surface area (Å²) in [6.07, 6.45) is 0.835. The van der Waals surface area contributed by atoms with Crippen molar-refractivity contribution in [2.24, 2.45) is 0 Å². The molecule has 0 spiro atoms. The van der Waals surface area contributed by atoms with Crippen LogP contribution in [0.25, 0.3) is 11.4 Å². The third kappa shape index (κ3) is 4.10. The molecular formula is C23H23F2N3O2. The lowest BCUT2D eigenvalue weighted by Gasteiger charge is -2.22. The molecule has 0 bridgehead atoms. The Morgan fingerprint density at radius 1 is 1.10 bits per heavy atom. The monoisotopic (exact) mass is 411 g/mol. The summed E-state index contributed by atoms with van der Waals surface area (Å²) in [6, 6.07) is 10.8. The molecule has 2 aromatic carbocycles. The van der Waals surface area contributed by atoms with Gasteiger partial charge in [-0.3, -0.25) is 4.79 Å². The molecule has 1 fully saturated rings. The van der Waals surface area contributed by atoms with Crippen LogP contribution in [0.15, 0.2) is 47.0 Å². The first-order chi connectivity index (χ1) is 14.2. The van der Waals surface area contributed by atoms with Crippen molar-refractivity contribution < 1.29 is 18.1 Å². The highest BCUT2D eigenvalue weighted by atomic mass is 19.1. The fraction of sp³-hybridized carbons (Fsp3) is 0.348. The molecule has 0 saturated carbocycles. The zero-order valence-electron chi connectivity index (χ0n) is 17.2. The van der Waals surface area contributed by atoms with Crippen molar-refractivity contribution in [1.82, 2.24) is 15.0 Å². The van der Waals surface area contributed by atoms with Crippen LogP contribution in [0.5, 0.6) is 0 Å². The summed E-state index contributed by atoms with van der Waals surface area (Å²) in [5, 5.41) is 4.07. The summed E-state index contributed by atoms with van der Waals surface area (Å²) in [5.74, 6) is -0.688. The van der Waals surface area contributed by atoms with Crippen molar-refractivity contribution in [2.45, 2.75) is 51.6 Å². The molecular weight excluding hydrogens is 388 g/mol. The van der Waals surface area contributed by atoms with E-state index < -0.39 is 17.7 Å². The lowest BCUT2D eigenvalue weighted by Crippen LogP contribution is -2.27. The first-order valence-electron chi connectivity index (χ1n) is 9.90. The van der Waals surface area contributed by atoms with Crippen LogP contribution in [0.1, 0.15) is 56.7 Å². The van der Waals surface area contributed by atoms with E-state index >= 15 is 0 Å². The van der Waals surface area contributed by atoms with E-state index in [1.807, 2.05) is 24.3 Å². The molecule has 3 aromatic rings. The van der Waals surface area contributed by atoms with Crippen molar-refractivity contribution in [2.75, 3.05) is 0 Å². The molecule has 5 nitrogen and oxygen atoms in total. The minimum Gasteiger partial charge on any atom is -0.337 e. The van der Waals surface area contributed by atoms with Gasteiger partial charge in [0.25, 0.3) is 0 Å². The lowest BCUT2D eigenvalue weighted by atomic mass is 9.87. The average molecular weight is 411 g/mol. The SMILES string of the molecule is CC(C)(C)c1ccc(-c2noc(C3CCC(=O)N3Cc3cc(F)cc(F)c3)n2)cc1. The van der Waals surface area contributed by atoms with Gasteiger partial charge in [-0.25, -0.2) is 8.78 Å². The van der Waals surface area contributed by atoms with Gasteiger partial charge in [-0.2, -0.15) is 4.98 Å². The van der Waals surface area contributed by atoms with Gasteiger partial charge in [-0.1, -0.05) is 50.2 Å². The third-order valence-corrected chi connectivity index (χ3v) is 5.34. The van der Waals surface area contributed by atoms with Crippen molar-refractivity contribution in [3.63, 3.8) is 0 Å². The molecule has 1 saturated heterocycles. The summed E-state index contributed by atoms with van der Waals surface area (Å²) < 4.78 is 32.5. The van der Waals surface area contributed by atoms with Gasteiger partial charge in [0.15, 0.2) is 0 Å². The van der Waals surface area contributed by atoms with E-state index in [0.717, 1.165) is 11.6 Å². The van der Waals surface area contributed by atoms with Crippen molar-refractivity contribution in [1.29, 1.82) is 0 Å². The molecule has 2 heterocycles. The molecule has 0 radical (unpaired) electrons. The standard InChI is InChI=1S/C23H23F2N3O2/c1-23(2,3)16-6-4-15(5-7-16)21-26-22(30-27-21)19-8-9-20(29)28(19)13-14-10-17(24)12-18(25)11-14/h4-7,10-12,19H,8-9,13H2,1-3H3. The number of amides is 1. The van der Waals surface area contributed by atoms with E-state index in [0.29, 0.717) is 30.1 Å². The largest absolute Gasteiger partial charge is 0.337 e. The minimum absolute atomic E-state index is 0.0437. The summed E-state index contributed by atoms with van der Waals surface area (Å²) in [4.78, 5) is 18.4. The van der Waals surface area contributed by atoms with Gasteiger partial charge in [0, 0.05) is 24.6 Å². The molecule has 1 aromatic heterocycles. The Labute approximate surface area is 173 Å². The number of benzene rings is 2. The molecule has 0 N–H and O–H groups in total. The fourth-order valence-corrected chi connectivity index (χ4v) is 3.69. The smallest absolute Gasteiger partial charge is 0.249 e. The Hall–Kier alpha value is -3.09. The number of rotatable bonds is 4. The van der Waals surface area contributed by atoms with E-state index in [-0.39, 0.29) is 17.9 Å². The number of hydrogen-bond acceptors (Lipinski definition) is 4. The Balaban J connectivity index is 1.56. The number of carbonyl (C=O) groups is 1. The highest BCUT2D eigenvalue weighted by molar-refractivity contribution is 5.78. The number of likely N-dealkylation sites (tertiary alicyclic amines) is 1. The van der Waals surface area contributed by atoms with Crippen LogP contribution in [0.3, 0.4) is 0 Å². The van der Waals surface area contributed by atoms with Crippen LogP contribution < -0.4 is 0 Å². The molecule has 0 aliphatic carbocycles. The number of hydrogen-bond donors (Lipinski definition) is 0. The second-order valence-corrected chi connectivity index (χ2v) is 8.64. The molecule has 1 unspecified atom stereocenters. The van der Waals surface area contributed by atoms with Crippen LogP contribution in [0.4, 0.5) is 8.78 Å². The van der Waals surface area contributed by atoms with Gasteiger partial charge >= 0.3 is 0 Å². The molecule has 156 valence electrons. The quantitative estimate of drug-likeness (QED) is 0.594. The van der Waals surface area contributed by atoms with Gasteiger partial charge in [0.2, 0.25) is 17.6 Å². The van der Waals surface area contributed by atoms with E-state index in [1.54, 1.807) is 0 Å². The van der Waals surface area contributed by atoms with Crippen molar-refractivity contribution in [3.8, 4) is 11.4 Å². The van der Waals surface area contributed by atoms with Gasteiger partial charge in [0.05, 0.1) is 0 Å². The normalized spacial score (nSPS) is 17.0. The maximum absolute atomic E-state index is 13.5. The first kappa shape index (κ1) is 20.2. The second-order valence-electron chi connectivity index (χ2n) is 8.64. The second kappa shape index (κ2) is 7.63. The van der Waals surface area contributed by atoms with Gasteiger partial charge in [-0.15, -0.1) is 0 Å². The highest BCUT2D eigenvalue weighted by Crippen LogP contribution is 2.34. The number of aromatic nitrogens is 2. The highest BCUT2D eigenvalue weighted by Gasteiger charge is 2.36. The van der Waals surface area contributed by atoms with Crippen LogP contribution in [0.2, 0.25) is 0 Å². The molecule has 1 atom stereocenters. The zero-order valence-corrected chi connectivity index (χ0v) is 17.2. The van der Waals surface area contributed by atoms with E-state index in [9.17, 15) is 13.6 Å². The number of carbonyl (C=O) groups excluding carboxylic acids is 1. The number of halogens is 2. The van der Waals surface area contributed by atoms with Crippen molar-refractivity contribution in [3.05, 3.63) is 71.1 Å². The van der Waals surface area contributed by atoms with Crippen molar-refractivity contribution >= 4 is 5.91 Å². The molecule has 30 heavy (non-hydrogen) atoms. The Morgan fingerprint density at radius 2 is 1.77 bits per heavy atom. The van der Waals surface area contributed by atoms with Crippen LogP contribution in [-0.2, 0) is 16.8 Å². The van der Waals surface area contributed by atoms with E-state index in [4.69, 9.17) is 4.52 Å². The summed E-state index contributed by atoms with van der Waals surface area (Å²) in [6.45, 7) is 6.51. The Morgan fingerprint density at radius 3 is 2.40 bits per heavy atom. The summed E-state index contributed by atoms with van der Waals surface area (Å²) in [5.41, 5.74) is 2.44. The maximum Gasteiger partial charge on any atom is 0.249 e. The molecule has 1 aliphatic heterocycles. The first-order valence-corrected chi connectivity index (χ1v) is 9.90. The molecule has 7 heteroatoms. The topological polar surface area (TPSA) is 59.2 Å². The average Bonchev–Trinajstić information content (AvgIpc) is 3.28. The predicted octanol–water partition coefficient (Wildman–Crippen LogP) is 5.18. The van der Waals surface area contributed by atoms with Crippen LogP contribution in [0, 0.1) is 11.6 Å². The molecule has 1 amide bonds. The molecule has 1 aliphatic rings. The number of nitrogens with zero attached hydrogens (tertiary/aromatic N) is 3. The maximum atomic E-state index is 13.5. The van der Waals surface area contributed by atoms with Crippen LogP contribution >= 0.6 is 0 Å². The Bertz CT molecular complexity index is 1050. The molecule has 4 rings (SSSR count). The zero-order chi connectivity index (χ0) is 21.5. The minimum atomic E-state index is -0.674. The van der Waals surface area contributed by atoms with Gasteiger partial charge in [0.1, 0.15) is 17.7 Å². The van der Waals surface area contributed by atoms with Gasteiger partial charge in [-0.05, 0) is 35.1 Å². The van der Waals surface area contributed by atoms with Crippen LogP contribution in [-0.4, -0.2) is 20.9 Å². The summed E-state index contributed by atoms with van der Waals surface area (Å²) in [7, 11) is 0. The van der Waals surface area contributed by atoms with Gasteiger partial charge < -0.3 is 9.42 Å².